The molecule has 0 saturated heterocycles. The molecule has 1 saturated carbocycles. The highest BCUT2D eigenvalue weighted by Gasteiger charge is 2.34. The molecule has 0 aromatic carbocycles. The number of amides is 1. The molecule has 2 N–H and O–H groups in total. The van der Waals surface area contributed by atoms with Gasteiger partial charge in [0.05, 0.1) is 6.04 Å². The maximum atomic E-state index is 11.9. The zero-order valence-electron chi connectivity index (χ0n) is 11.1. The minimum absolute atomic E-state index is 0.110. The first-order valence-corrected chi connectivity index (χ1v) is 7.67. The van der Waals surface area contributed by atoms with Crippen LogP contribution in [-0.2, 0) is 4.79 Å². The highest BCUT2D eigenvalue weighted by Crippen LogP contribution is 2.42. The number of carbonyl (C=O) groups excluding carboxylic acids is 1. The van der Waals surface area contributed by atoms with Gasteiger partial charge in [0.25, 0.3) is 0 Å². The summed E-state index contributed by atoms with van der Waals surface area (Å²) in [6.07, 6.45) is 3.53. The van der Waals surface area contributed by atoms with Crippen molar-refractivity contribution in [3.8, 4) is 0 Å². The van der Waals surface area contributed by atoms with Gasteiger partial charge in [0.1, 0.15) is 0 Å². The van der Waals surface area contributed by atoms with Gasteiger partial charge < -0.3 is 5.32 Å². The Hall–Kier alpha value is -0.870. The molecule has 2 rings (SSSR count). The fraction of sp³-hybridized carbons (Fsp3) is 0.643. The van der Waals surface area contributed by atoms with Crippen molar-refractivity contribution in [2.75, 3.05) is 6.54 Å². The molecule has 0 radical (unpaired) electrons. The van der Waals surface area contributed by atoms with E-state index in [9.17, 15) is 4.79 Å². The van der Waals surface area contributed by atoms with Crippen molar-refractivity contribution in [3.05, 3.63) is 22.4 Å². The fourth-order valence-electron chi connectivity index (χ4n) is 2.09. The van der Waals surface area contributed by atoms with E-state index in [4.69, 9.17) is 0 Å². The lowest BCUT2D eigenvalue weighted by molar-refractivity contribution is -0.122. The van der Waals surface area contributed by atoms with Crippen LogP contribution in [0, 0.1) is 5.92 Å². The third kappa shape index (κ3) is 3.56. The topological polar surface area (TPSA) is 41.1 Å². The molecule has 0 bridgehead atoms. The quantitative estimate of drug-likeness (QED) is 0.796. The van der Waals surface area contributed by atoms with Gasteiger partial charge in [-0.25, -0.2) is 0 Å². The SMILES string of the molecule is CCCNC(=O)C(C)NC(c1cccs1)C1CC1. The summed E-state index contributed by atoms with van der Waals surface area (Å²) in [5, 5.41) is 8.54. The van der Waals surface area contributed by atoms with Crippen LogP contribution in [0.2, 0.25) is 0 Å². The summed E-state index contributed by atoms with van der Waals surface area (Å²) in [5.41, 5.74) is 0. The second-order valence-electron chi connectivity index (χ2n) is 5.01. The first-order valence-electron chi connectivity index (χ1n) is 6.79. The van der Waals surface area contributed by atoms with Gasteiger partial charge in [0.2, 0.25) is 5.91 Å². The Labute approximate surface area is 113 Å². The monoisotopic (exact) mass is 266 g/mol. The van der Waals surface area contributed by atoms with Crippen LogP contribution in [-0.4, -0.2) is 18.5 Å². The molecule has 2 unspecified atom stereocenters. The second-order valence-corrected chi connectivity index (χ2v) is 5.99. The number of hydrogen-bond acceptors (Lipinski definition) is 3. The van der Waals surface area contributed by atoms with E-state index in [0.29, 0.717) is 12.0 Å². The molecule has 1 amide bonds. The normalized spacial score (nSPS) is 18.3. The van der Waals surface area contributed by atoms with Crippen LogP contribution in [0.1, 0.15) is 44.0 Å². The van der Waals surface area contributed by atoms with E-state index in [2.05, 4.69) is 35.1 Å². The van der Waals surface area contributed by atoms with Crippen LogP contribution in [0.3, 0.4) is 0 Å². The first kappa shape index (κ1) is 13.6. The van der Waals surface area contributed by atoms with Crippen LogP contribution in [0.15, 0.2) is 17.5 Å². The molecule has 1 aliphatic carbocycles. The smallest absolute Gasteiger partial charge is 0.236 e. The number of nitrogens with one attached hydrogen (secondary N) is 2. The Balaban J connectivity index is 1.91. The van der Waals surface area contributed by atoms with Crippen LogP contribution in [0.4, 0.5) is 0 Å². The van der Waals surface area contributed by atoms with E-state index in [0.717, 1.165) is 13.0 Å². The van der Waals surface area contributed by atoms with Gasteiger partial charge in [-0.1, -0.05) is 13.0 Å². The number of rotatable bonds is 7. The minimum atomic E-state index is -0.121. The average molecular weight is 266 g/mol. The lowest BCUT2D eigenvalue weighted by Crippen LogP contribution is -2.44. The molecule has 1 heterocycles. The van der Waals surface area contributed by atoms with Gasteiger partial charge >= 0.3 is 0 Å². The molecule has 1 aromatic heterocycles. The van der Waals surface area contributed by atoms with E-state index < -0.39 is 0 Å². The summed E-state index contributed by atoms with van der Waals surface area (Å²) >= 11 is 1.78. The highest BCUT2D eigenvalue weighted by atomic mass is 32.1. The highest BCUT2D eigenvalue weighted by molar-refractivity contribution is 7.10. The third-order valence-electron chi connectivity index (χ3n) is 3.32. The van der Waals surface area contributed by atoms with E-state index in [-0.39, 0.29) is 11.9 Å². The molecule has 1 aromatic rings. The van der Waals surface area contributed by atoms with Crippen molar-refractivity contribution in [2.24, 2.45) is 5.92 Å². The van der Waals surface area contributed by atoms with Crippen molar-refractivity contribution in [1.82, 2.24) is 10.6 Å². The van der Waals surface area contributed by atoms with Crippen LogP contribution in [0.5, 0.6) is 0 Å². The number of hydrogen-bond donors (Lipinski definition) is 2. The summed E-state index contributed by atoms with van der Waals surface area (Å²) in [6.45, 7) is 4.78. The maximum Gasteiger partial charge on any atom is 0.236 e. The fourth-order valence-corrected chi connectivity index (χ4v) is 2.97. The summed E-state index contributed by atoms with van der Waals surface area (Å²) in [7, 11) is 0. The van der Waals surface area contributed by atoms with Gasteiger partial charge in [-0.15, -0.1) is 11.3 Å². The molecule has 100 valence electrons. The molecule has 0 spiro atoms. The lowest BCUT2D eigenvalue weighted by Gasteiger charge is -2.22. The standard InChI is InChI=1S/C14H22N2OS/c1-3-8-15-14(17)10(2)16-13(11-6-7-11)12-5-4-9-18-12/h4-5,9-11,13,16H,3,6-8H2,1-2H3,(H,15,17). The van der Waals surface area contributed by atoms with Gasteiger partial charge in [-0.05, 0) is 43.6 Å². The lowest BCUT2D eigenvalue weighted by atomic mass is 10.1. The zero-order chi connectivity index (χ0) is 13.0. The predicted molar refractivity (Wildman–Crippen MR) is 75.7 cm³/mol. The minimum Gasteiger partial charge on any atom is -0.355 e. The van der Waals surface area contributed by atoms with Gasteiger partial charge in [-0.2, -0.15) is 0 Å². The molecule has 4 heteroatoms. The first-order chi connectivity index (χ1) is 8.72. The zero-order valence-corrected chi connectivity index (χ0v) is 11.9. The van der Waals surface area contributed by atoms with Gasteiger partial charge in [-0.3, -0.25) is 10.1 Å². The third-order valence-corrected chi connectivity index (χ3v) is 4.27. The van der Waals surface area contributed by atoms with Crippen molar-refractivity contribution < 1.29 is 4.79 Å². The van der Waals surface area contributed by atoms with Crippen LogP contribution in [0.25, 0.3) is 0 Å². The summed E-state index contributed by atoms with van der Waals surface area (Å²) in [5.74, 6) is 0.823. The van der Waals surface area contributed by atoms with E-state index in [1.165, 1.54) is 17.7 Å². The Morgan fingerprint density at radius 2 is 2.33 bits per heavy atom. The Kier molecular flexibility index (Phi) is 4.78. The van der Waals surface area contributed by atoms with Crippen molar-refractivity contribution in [3.63, 3.8) is 0 Å². The molecular weight excluding hydrogens is 244 g/mol. The van der Waals surface area contributed by atoms with Crippen LogP contribution >= 0.6 is 11.3 Å². The molecule has 18 heavy (non-hydrogen) atoms. The van der Waals surface area contributed by atoms with Crippen molar-refractivity contribution in [1.29, 1.82) is 0 Å². The van der Waals surface area contributed by atoms with Gasteiger partial charge in [0, 0.05) is 17.5 Å². The molecule has 3 nitrogen and oxygen atoms in total. The van der Waals surface area contributed by atoms with Gasteiger partial charge in [0.15, 0.2) is 0 Å². The maximum absolute atomic E-state index is 11.9. The Bertz CT molecular complexity index is 373. The van der Waals surface area contributed by atoms with Crippen molar-refractivity contribution >= 4 is 17.2 Å². The summed E-state index contributed by atoms with van der Waals surface area (Å²) < 4.78 is 0. The summed E-state index contributed by atoms with van der Waals surface area (Å²) in [4.78, 5) is 13.2. The van der Waals surface area contributed by atoms with Crippen molar-refractivity contribution in [2.45, 2.75) is 45.2 Å². The van der Waals surface area contributed by atoms with E-state index in [1.54, 1.807) is 11.3 Å². The Morgan fingerprint density at radius 3 is 2.89 bits per heavy atom. The largest absolute Gasteiger partial charge is 0.355 e. The molecule has 1 aliphatic rings. The average Bonchev–Trinajstić information content (AvgIpc) is 3.07. The number of carbonyl (C=O) groups is 1. The molecule has 0 aliphatic heterocycles. The molecule has 2 atom stereocenters. The molecule has 1 fully saturated rings. The van der Waals surface area contributed by atoms with Crippen LogP contribution < -0.4 is 10.6 Å². The molecular formula is C14H22N2OS. The van der Waals surface area contributed by atoms with E-state index in [1.807, 2.05) is 6.92 Å². The second kappa shape index (κ2) is 6.34. The number of thiophene rings is 1. The van der Waals surface area contributed by atoms with E-state index >= 15 is 0 Å². The summed E-state index contributed by atoms with van der Waals surface area (Å²) in [6, 6.07) is 4.48. The predicted octanol–water partition coefficient (Wildman–Crippen LogP) is 2.70. The Morgan fingerprint density at radius 1 is 1.56 bits per heavy atom.